The summed E-state index contributed by atoms with van der Waals surface area (Å²) in [5.41, 5.74) is 6.92. The first-order valence-electron chi connectivity index (χ1n) is 12.2. The highest BCUT2D eigenvalue weighted by Crippen LogP contribution is 2.44. The second-order valence-corrected chi connectivity index (χ2v) is 10.2. The fourth-order valence-corrected chi connectivity index (χ4v) is 6.12. The smallest absolute Gasteiger partial charge is 0.226 e. The van der Waals surface area contributed by atoms with Crippen molar-refractivity contribution in [1.29, 1.82) is 0 Å². The maximum Gasteiger partial charge on any atom is 0.226 e. The summed E-state index contributed by atoms with van der Waals surface area (Å²) in [5, 5.41) is 8.48. The van der Waals surface area contributed by atoms with Gasteiger partial charge in [-0.25, -0.2) is 9.67 Å². The topological polar surface area (TPSA) is 93.0 Å². The summed E-state index contributed by atoms with van der Waals surface area (Å²) < 4.78 is 1.97. The minimum absolute atomic E-state index is 0.134. The molecule has 0 unspecified atom stereocenters. The number of rotatable bonds is 5. The largest absolute Gasteiger partial charge is 0.342 e. The number of aryl methyl sites for hydroxylation is 1. The quantitative estimate of drug-likeness (QED) is 0.443. The van der Waals surface area contributed by atoms with Gasteiger partial charge >= 0.3 is 0 Å². The van der Waals surface area contributed by atoms with E-state index in [1.807, 2.05) is 52.2 Å². The molecule has 3 aromatic heterocycles. The summed E-state index contributed by atoms with van der Waals surface area (Å²) in [6.07, 6.45) is 7.79. The highest BCUT2D eigenvalue weighted by Gasteiger charge is 2.30. The Kier molecular flexibility index (Phi) is 5.85. The van der Waals surface area contributed by atoms with E-state index in [4.69, 9.17) is 5.10 Å². The molecule has 1 N–H and O–H groups in total. The van der Waals surface area contributed by atoms with Gasteiger partial charge in [-0.05, 0) is 55.5 Å². The van der Waals surface area contributed by atoms with Gasteiger partial charge in [0.2, 0.25) is 11.8 Å². The number of hydrogen-bond acceptors (Lipinski definition) is 6. The summed E-state index contributed by atoms with van der Waals surface area (Å²) in [5.74, 6) is 0.0559. The van der Waals surface area contributed by atoms with E-state index in [0.29, 0.717) is 11.6 Å². The SMILES string of the molecule is CC(=O)Nc1nc2c(s1)-c1c(c(-c3cccnc3)nn1-c1ccc(CC(=O)N3CCCC3)cc1)CC2. The molecule has 2 aliphatic rings. The van der Waals surface area contributed by atoms with Crippen molar-refractivity contribution in [2.75, 3.05) is 18.4 Å². The van der Waals surface area contributed by atoms with Gasteiger partial charge in [-0.3, -0.25) is 14.6 Å². The van der Waals surface area contributed by atoms with Crippen molar-refractivity contribution in [3.05, 3.63) is 65.6 Å². The number of nitrogens with zero attached hydrogens (tertiary/aromatic N) is 5. The van der Waals surface area contributed by atoms with Gasteiger partial charge in [0.1, 0.15) is 0 Å². The van der Waals surface area contributed by atoms with E-state index in [-0.39, 0.29) is 11.8 Å². The maximum atomic E-state index is 12.6. The Morgan fingerprint density at radius 1 is 1.08 bits per heavy atom. The Balaban J connectivity index is 1.40. The van der Waals surface area contributed by atoms with Gasteiger partial charge in [0.05, 0.1) is 34.1 Å². The number of carbonyl (C=O) groups is 2. The van der Waals surface area contributed by atoms with E-state index in [1.165, 1.54) is 18.3 Å². The molecule has 0 radical (unpaired) electrons. The van der Waals surface area contributed by atoms with Gasteiger partial charge < -0.3 is 10.2 Å². The Labute approximate surface area is 213 Å². The minimum atomic E-state index is -0.134. The zero-order valence-electron chi connectivity index (χ0n) is 20.0. The third kappa shape index (κ3) is 4.19. The van der Waals surface area contributed by atoms with Gasteiger partial charge in [-0.1, -0.05) is 23.5 Å². The van der Waals surface area contributed by atoms with Crippen LogP contribution in [0.2, 0.25) is 0 Å². The Hall–Kier alpha value is -3.85. The average molecular weight is 499 g/mol. The van der Waals surface area contributed by atoms with Gasteiger partial charge in [-0.2, -0.15) is 5.10 Å². The predicted octanol–water partition coefficient (Wildman–Crippen LogP) is 4.28. The highest BCUT2D eigenvalue weighted by molar-refractivity contribution is 7.19. The normalized spacial score (nSPS) is 14.4. The molecule has 0 bridgehead atoms. The van der Waals surface area contributed by atoms with E-state index in [1.54, 1.807) is 6.20 Å². The molecule has 36 heavy (non-hydrogen) atoms. The third-order valence-corrected chi connectivity index (χ3v) is 7.74. The molecule has 4 heterocycles. The Morgan fingerprint density at radius 3 is 2.61 bits per heavy atom. The van der Waals surface area contributed by atoms with Crippen molar-refractivity contribution < 1.29 is 9.59 Å². The van der Waals surface area contributed by atoms with Gasteiger partial charge in [0.15, 0.2) is 5.13 Å². The van der Waals surface area contributed by atoms with Crippen molar-refractivity contribution in [3.8, 4) is 27.5 Å². The molecule has 1 saturated heterocycles. The van der Waals surface area contributed by atoms with E-state index >= 15 is 0 Å². The van der Waals surface area contributed by atoms with Crippen LogP contribution in [0, 0.1) is 0 Å². The number of amides is 2. The molecule has 0 spiro atoms. The van der Waals surface area contributed by atoms with Crippen LogP contribution in [0.3, 0.4) is 0 Å². The minimum Gasteiger partial charge on any atom is -0.342 e. The number of anilines is 1. The van der Waals surface area contributed by atoms with Gasteiger partial charge in [0, 0.05) is 43.5 Å². The Bertz CT molecular complexity index is 1440. The van der Waals surface area contributed by atoms with Crippen molar-refractivity contribution >= 4 is 28.3 Å². The van der Waals surface area contributed by atoms with Gasteiger partial charge in [-0.15, -0.1) is 0 Å². The first-order valence-corrected chi connectivity index (χ1v) is 13.1. The lowest BCUT2D eigenvalue weighted by molar-refractivity contribution is -0.129. The average Bonchev–Trinajstić information content (AvgIpc) is 3.63. The molecule has 1 aliphatic heterocycles. The lowest BCUT2D eigenvalue weighted by atomic mass is 9.95. The second-order valence-electron chi connectivity index (χ2n) is 9.24. The molecule has 1 aromatic carbocycles. The number of benzene rings is 1. The number of thiazole rings is 1. The fourth-order valence-electron chi connectivity index (χ4n) is 5.00. The summed E-state index contributed by atoms with van der Waals surface area (Å²) >= 11 is 1.48. The maximum absolute atomic E-state index is 12.6. The summed E-state index contributed by atoms with van der Waals surface area (Å²) in [7, 11) is 0. The lowest BCUT2D eigenvalue weighted by Gasteiger charge is -2.16. The van der Waals surface area contributed by atoms with E-state index < -0.39 is 0 Å². The second kappa shape index (κ2) is 9.31. The third-order valence-electron chi connectivity index (χ3n) is 6.72. The molecule has 4 aromatic rings. The van der Waals surface area contributed by atoms with E-state index in [0.717, 1.165) is 83.1 Å². The molecular weight excluding hydrogens is 472 g/mol. The molecule has 182 valence electrons. The molecule has 6 rings (SSSR count). The van der Waals surface area contributed by atoms with E-state index in [9.17, 15) is 9.59 Å². The highest BCUT2D eigenvalue weighted by atomic mass is 32.1. The van der Waals surface area contributed by atoms with Crippen LogP contribution in [0.1, 0.15) is 36.6 Å². The lowest BCUT2D eigenvalue weighted by Crippen LogP contribution is -2.29. The molecular formula is C27H26N6O2S. The number of hydrogen-bond donors (Lipinski definition) is 1. The van der Waals surface area contributed by atoms with Crippen LogP contribution in [0.25, 0.3) is 27.5 Å². The van der Waals surface area contributed by atoms with Crippen molar-refractivity contribution in [2.45, 2.75) is 39.0 Å². The zero-order valence-corrected chi connectivity index (χ0v) is 20.8. The monoisotopic (exact) mass is 498 g/mol. The number of pyridine rings is 1. The standard InChI is InChI=1S/C27H26N6O2S/c1-17(34)29-27-30-22-11-10-21-24(19-5-4-12-28-16-19)31-33(25(21)26(22)36-27)20-8-6-18(7-9-20)15-23(35)32-13-2-3-14-32/h4-9,12,16H,2-3,10-11,13-15H2,1H3,(H,29,30,34). The number of nitrogens with one attached hydrogen (secondary N) is 1. The van der Waals surface area contributed by atoms with Crippen LogP contribution in [0.4, 0.5) is 5.13 Å². The van der Waals surface area contributed by atoms with Crippen molar-refractivity contribution in [1.82, 2.24) is 24.6 Å². The first-order chi connectivity index (χ1) is 17.6. The molecule has 0 saturated carbocycles. The Morgan fingerprint density at radius 2 is 1.89 bits per heavy atom. The van der Waals surface area contributed by atoms with Crippen LogP contribution in [0.5, 0.6) is 0 Å². The van der Waals surface area contributed by atoms with Crippen LogP contribution >= 0.6 is 11.3 Å². The molecule has 8 nitrogen and oxygen atoms in total. The summed E-state index contributed by atoms with van der Waals surface area (Å²) in [6, 6.07) is 12.0. The van der Waals surface area contributed by atoms with Crippen LogP contribution in [0.15, 0.2) is 48.8 Å². The van der Waals surface area contributed by atoms with Crippen LogP contribution in [-0.4, -0.2) is 49.6 Å². The number of likely N-dealkylation sites (tertiary alicyclic amines) is 1. The van der Waals surface area contributed by atoms with Crippen LogP contribution < -0.4 is 5.32 Å². The molecule has 9 heteroatoms. The molecule has 2 amide bonds. The fraction of sp³-hybridized carbons (Fsp3) is 0.296. The van der Waals surface area contributed by atoms with Gasteiger partial charge in [0.25, 0.3) is 0 Å². The molecule has 1 fully saturated rings. The molecule has 0 atom stereocenters. The number of carbonyl (C=O) groups excluding carboxylic acids is 2. The summed E-state index contributed by atoms with van der Waals surface area (Å²) in [6.45, 7) is 3.23. The van der Waals surface area contributed by atoms with Crippen LogP contribution in [-0.2, 0) is 28.9 Å². The van der Waals surface area contributed by atoms with E-state index in [2.05, 4.69) is 15.3 Å². The van der Waals surface area contributed by atoms with Crippen molar-refractivity contribution in [3.63, 3.8) is 0 Å². The number of aromatic nitrogens is 4. The first kappa shape index (κ1) is 22.6. The zero-order chi connectivity index (χ0) is 24.6. The number of fused-ring (bicyclic) bond motifs is 3. The van der Waals surface area contributed by atoms with Crippen molar-refractivity contribution in [2.24, 2.45) is 0 Å². The summed E-state index contributed by atoms with van der Waals surface area (Å²) in [4.78, 5) is 36.2. The molecule has 1 aliphatic carbocycles. The predicted molar refractivity (Wildman–Crippen MR) is 139 cm³/mol.